The van der Waals surface area contributed by atoms with Crippen molar-refractivity contribution in [1.29, 1.82) is 0 Å². The topological polar surface area (TPSA) is 35.2 Å². The number of halogens is 6. The van der Waals surface area contributed by atoms with E-state index in [1.165, 1.54) is 24.3 Å². The number of rotatable bonds is 3. The van der Waals surface area contributed by atoms with E-state index in [1.807, 2.05) is 0 Å². The molecule has 0 saturated heterocycles. The first kappa shape index (κ1) is 18.5. The maximum absolute atomic E-state index is 13.0. The second-order valence-electron chi connectivity index (χ2n) is 4.26. The molecule has 0 heterocycles. The minimum Gasteiger partial charge on any atom is -0.406 e. The van der Waals surface area contributed by atoms with Gasteiger partial charge in [-0.1, -0.05) is 29.8 Å². The van der Waals surface area contributed by atoms with Crippen molar-refractivity contribution in [3.05, 3.63) is 64.4 Å². The maximum atomic E-state index is 13.0. The van der Waals surface area contributed by atoms with E-state index < -0.39 is 18.2 Å². The maximum Gasteiger partial charge on any atom is 0.573 e. The number of alkyl halides is 3. The lowest BCUT2D eigenvalue weighted by molar-refractivity contribution is -0.274. The highest BCUT2D eigenvalue weighted by molar-refractivity contribution is 6.31. The quantitative estimate of drug-likeness (QED) is 0.799. The summed E-state index contributed by atoms with van der Waals surface area (Å²) in [5.41, 5.74) is 6.98. The van der Waals surface area contributed by atoms with Gasteiger partial charge in [-0.15, -0.1) is 25.6 Å². The summed E-state index contributed by atoms with van der Waals surface area (Å²) >= 11 is 5.90. The van der Waals surface area contributed by atoms with E-state index in [1.54, 1.807) is 0 Å². The Morgan fingerprint density at radius 2 is 1.64 bits per heavy atom. The van der Waals surface area contributed by atoms with Gasteiger partial charge < -0.3 is 10.5 Å². The van der Waals surface area contributed by atoms with Gasteiger partial charge in [-0.05, 0) is 35.4 Å². The van der Waals surface area contributed by atoms with Gasteiger partial charge in [-0.25, -0.2) is 4.39 Å². The Hall–Kier alpha value is -1.50. The Bertz CT molecular complexity index is 632. The molecule has 8 heteroatoms. The van der Waals surface area contributed by atoms with Crippen molar-refractivity contribution in [3.63, 3.8) is 0 Å². The zero-order valence-electron chi connectivity index (χ0n) is 10.9. The predicted molar refractivity (Wildman–Crippen MR) is 77.8 cm³/mol. The van der Waals surface area contributed by atoms with Crippen molar-refractivity contribution in [1.82, 2.24) is 0 Å². The third kappa shape index (κ3) is 4.76. The third-order valence-electron chi connectivity index (χ3n) is 2.77. The van der Waals surface area contributed by atoms with Crippen LogP contribution in [0.1, 0.15) is 17.2 Å². The Balaban J connectivity index is 0.00000242. The molecule has 0 radical (unpaired) electrons. The molecule has 22 heavy (non-hydrogen) atoms. The third-order valence-corrected chi connectivity index (χ3v) is 3.10. The molecule has 0 unspecified atom stereocenters. The highest BCUT2D eigenvalue weighted by atomic mass is 35.5. The van der Waals surface area contributed by atoms with E-state index in [0.717, 1.165) is 18.2 Å². The molecule has 0 fully saturated rings. The number of ether oxygens (including phenoxy) is 1. The molecule has 0 saturated carbocycles. The van der Waals surface area contributed by atoms with Crippen LogP contribution in [0.2, 0.25) is 5.02 Å². The molecule has 1 atom stereocenters. The molecular weight excluding hydrogens is 345 g/mol. The summed E-state index contributed by atoms with van der Waals surface area (Å²) in [5, 5.41) is 0.151. The fourth-order valence-corrected chi connectivity index (χ4v) is 2.09. The van der Waals surface area contributed by atoms with Crippen LogP contribution in [-0.4, -0.2) is 6.36 Å². The van der Waals surface area contributed by atoms with Crippen molar-refractivity contribution >= 4 is 24.0 Å². The van der Waals surface area contributed by atoms with E-state index >= 15 is 0 Å². The lowest BCUT2D eigenvalue weighted by Gasteiger charge is -2.15. The second kappa shape index (κ2) is 7.17. The first-order chi connectivity index (χ1) is 9.76. The van der Waals surface area contributed by atoms with Gasteiger partial charge in [0.2, 0.25) is 0 Å². The summed E-state index contributed by atoms with van der Waals surface area (Å²) in [6.45, 7) is 0. The van der Waals surface area contributed by atoms with Crippen molar-refractivity contribution in [2.45, 2.75) is 12.4 Å². The lowest BCUT2D eigenvalue weighted by atomic mass is 9.99. The standard InChI is InChI=1S/C14H10ClF4NO.ClH/c15-12-7-9(16)3-6-11(12)13(20)8-1-4-10(5-2-8)21-14(17,18)19;/h1-7,13H,20H2;1H/t13-;/m0./s1. The second-order valence-corrected chi connectivity index (χ2v) is 4.67. The van der Waals surface area contributed by atoms with E-state index in [9.17, 15) is 17.6 Å². The lowest BCUT2D eigenvalue weighted by Crippen LogP contribution is -2.17. The summed E-state index contributed by atoms with van der Waals surface area (Å²) in [6.07, 6.45) is -4.75. The zero-order valence-corrected chi connectivity index (χ0v) is 12.5. The van der Waals surface area contributed by atoms with Crippen molar-refractivity contribution in [2.75, 3.05) is 0 Å². The molecule has 0 spiro atoms. The van der Waals surface area contributed by atoms with Crippen LogP contribution >= 0.6 is 24.0 Å². The molecule has 0 aliphatic carbocycles. The van der Waals surface area contributed by atoms with Crippen molar-refractivity contribution in [2.24, 2.45) is 5.73 Å². The van der Waals surface area contributed by atoms with E-state index in [0.29, 0.717) is 11.1 Å². The molecule has 2 aromatic rings. The van der Waals surface area contributed by atoms with Gasteiger partial charge in [0.1, 0.15) is 11.6 Å². The molecule has 0 aliphatic rings. The normalized spacial score (nSPS) is 12.5. The first-order valence-corrected chi connectivity index (χ1v) is 6.20. The van der Waals surface area contributed by atoms with Gasteiger partial charge in [0.15, 0.2) is 0 Å². The Morgan fingerprint density at radius 1 is 1.05 bits per heavy atom. The van der Waals surface area contributed by atoms with E-state index in [2.05, 4.69) is 4.74 Å². The molecule has 2 N–H and O–H groups in total. The van der Waals surface area contributed by atoms with Crippen LogP contribution in [0.25, 0.3) is 0 Å². The highest BCUT2D eigenvalue weighted by Gasteiger charge is 2.31. The molecule has 2 rings (SSSR count). The minimum absolute atomic E-state index is 0. The molecule has 120 valence electrons. The van der Waals surface area contributed by atoms with Gasteiger partial charge in [-0.2, -0.15) is 0 Å². The zero-order chi connectivity index (χ0) is 15.6. The van der Waals surface area contributed by atoms with Crippen LogP contribution < -0.4 is 10.5 Å². The fraction of sp³-hybridized carbons (Fsp3) is 0.143. The Morgan fingerprint density at radius 3 is 2.14 bits per heavy atom. The van der Waals surface area contributed by atoms with Crippen LogP contribution in [0.15, 0.2) is 42.5 Å². The minimum atomic E-state index is -4.75. The van der Waals surface area contributed by atoms with Crippen LogP contribution in [0, 0.1) is 5.82 Å². The number of hydrogen-bond acceptors (Lipinski definition) is 2. The van der Waals surface area contributed by atoms with Crippen molar-refractivity contribution in [3.8, 4) is 5.75 Å². The molecule has 2 nitrogen and oxygen atoms in total. The van der Waals surface area contributed by atoms with Crippen LogP contribution in [0.4, 0.5) is 17.6 Å². The Labute approximate surface area is 135 Å². The smallest absolute Gasteiger partial charge is 0.406 e. The summed E-state index contributed by atoms with van der Waals surface area (Å²) in [6, 6.07) is 8.18. The van der Waals surface area contributed by atoms with Gasteiger partial charge in [0.05, 0.1) is 6.04 Å². The predicted octanol–water partition coefficient (Wildman–Crippen LogP) is 4.85. The van der Waals surface area contributed by atoms with E-state index in [4.69, 9.17) is 17.3 Å². The first-order valence-electron chi connectivity index (χ1n) is 5.82. The van der Waals surface area contributed by atoms with Crippen LogP contribution in [0.5, 0.6) is 5.75 Å². The number of nitrogens with two attached hydrogens (primary N) is 1. The molecule has 0 amide bonds. The summed E-state index contributed by atoms with van der Waals surface area (Å²) < 4.78 is 52.9. The SMILES string of the molecule is Cl.N[C@@H](c1ccc(OC(F)(F)F)cc1)c1ccc(F)cc1Cl. The average molecular weight is 356 g/mol. The monoisotopic (exact) mass is 355 g/mol. The summed E-state index contributed by atoms with van der Waals surface area (Å²) in [7, 11) is 0. The molecule has 0 aliphatic heterocycles. The molecule has 0 bridgehead atoms. The molecular formula is C14H11Cl2F4NO. The van der Waals surface area contributed by atoms with Crippen molar-refractivity contribution < 1.29 is 22.3 Å². The number of hydrogen-bond donors (Lipinski definition) is 1. The summed E-state index contributed by atoms with van der Waals surface area (Å²) in [4.78, 5) is 0. The highest BCUT2D eigenvalue weighted by Crippen LogP contribution is 2.29. The van der Waals surface area contributed by atoms with Gasteiger partial charge in [-0.3, -0.25) is 0 Å². The Kier molecular flexibility index (Phi) is 6.05. The average Bonchev–Trinajstić information content (AvgIpc) is 2.37. The summed E-state index contributed by atoms with van der Waals surface area (Å²) in [5.74, 6) is -0.839. The number of benzene rings is 2. The largest absolute Gasteiger partial charge is 0.573 e. The van der Waals surface area contributed by atoms with Gasteiger partial charge in [0.25, 0.3) is 0 Å². The van der Waals surface area contributed by atoms with E-state index in [-0.39, 0.29) is 23.2 Å². The van der Waals surface area contributed by atoms with Crippen LogP contribution in [-0.2, 0) is 0 Å². The fourth-order valence-electron chi connectivity index (χ4n) is 1.81. The molecule has 0 aromatic heterocycles. The van der Waals surface area contributed by atoms with Gasteiger partial charge >= 0.3 is 6.36 Å². The van der Waals surface area contributed by atoms with Crippen LogP contribution in [0.3, 0.4) is 0 Å². The molecule has 2 aromatic carbocycles. The van der Waals surface area contributed by atoms with Gasteiger partial charge in [0, 0.05) is 5.02 Å².